The van der Waals surface area contributed by atoms with Crippen molar-refractivity contribution in [1.29, 1.82) is 0 Å². The summed E-state index contributed by atoms with van der Waals surface area (Å²) in [5, 5.41) is 3.26. The highest BCUT2D eigenvalue weighted by molar-refractivity contribution is 5.81. The van der Waals surface area contributed by atoms with E-state index in [1.165, 1.54) is 5.56 Å². The van der Waals surface area contributed by atoms with E-state index in [0.29, 0.717) is 6.42 Å². The van der Waals surface area contributed by atoms with E-state index in [2.05, 4.69) is 52.1 Å². The number of carbonyl (C=O) groups excluding carboxylic acids is 1. The van der Waals surface area contributed by atoms with Gasteiger partial charge >= 0.3 is 0 Å². The first kappa shape index (κ1) is 23.2. The Morgan fingerprint density at radius 3 is 2.32 bits per heavy atom. The summed E-state index contributed by atoms with van der Waals surface area (Å²) in [5.74, 6) is 1.51. The molecule has 2 aromatic carbocycles. The molecule has 0 fully saturated rings. The lowest BCUT2D eigenvalue weighted by Gasteiger charge is -2.42. The predicted octanol–water partition coefficient (Wildman–Crippen LogP) is 6.34. The van der Waals surface area contributed by atoms with Gasteiger partial charge in [0.05, 0.1) is 6.04 Å². The van der Waals surface area contributed by atoms with Crippen LogP contribution in [0.4, 0.5) is 0 Å². The van der Waals surface area contributed by atoms with E-state index in [1.807, 2.05) is 43.3 Å². The first-order valence-corrected chi connectivity index (χ1v) is 11.6. The molecule has 1 aliphatic rings. The van der Waals surface area contributed by atoms with Crippen molar-refractivity contribution in [2.24, 2.45) is 0 Å². The Morgan fingerprint density at radius 1 is 1.10 bits per heavy atom. The van der Waals surface area contributed by atoms with E-state index in [-0.39, 0.29) is 23.0 Å². The number of nitrogens with one attached hydrogen (secondary N) is 1. The number of amides is 1. The molecule has 2 aromatic rings. The van der Waals surface area contributed by atoms with E-state index < -0.39 is 6.10 Å². The number of benzene rings is 2. The van der Waals surface area contributed by atoms with Gasteiger partial charge in [0.2, 0.25) is 0 Å². The summed E-state index contributed by atoms with van der Waals surface area (Å²) < 4.78 is 12.5. The molecule has 0 bridgehead atoms. The number of rotatable bonds is 7. The molecular weight excluding hydrogens is 386 g/mol. The second-order valence-electron chi connectivity index (χ2n) is 9.58. The largest absolute Gasteiger partial charge is 0.487 e. The van der Waals surface area contributed by atoms with Crippen LogP contribution in [0.5, 0.6) is 11.5 Å². The molecule has 1 amide bonds. The smallest absolute Gasteiger partial charge is 0.261 e. The van der Waals surface area contributed by atoms with Gasteiger partial charge < -0.3 is 14.8 Å². The monoisotopic (exact) mass is 423 g/mol. The highest BCUT2D eigenvalue weighted by Crippen LogP contribution is 2.42. The van der Waals surface area contributed by atoms with Gasteiger partial charge in [-0.15, -0.1) is 0 Å². The Kier molecular flexibility index (Phi) is 6.98. The van der Waals surface area contributed by atoms with Crippen LogP contribution in [0.3, 0.4) is 0 Å². The molecular formula is C27H37NO3. The van der Waals surface area contributed by atoms with Gasteiger partial charge in [-0.2, -0.15) is 0 Å². The third-order valence-corrected chi connectivity index (χ3v) is 6.46. The van der Waals surface area contributed by atoms with Crippen molar-refractivity contribution in [2.45, 2.75) is 90.4 Å². The van der Waals surface area contributed by atoms with E-state index in [1.54, 1.807) is 0 Å². The average Bonchev–Trinajstić information content (AvgIpc) is 2.76. The summed E-state index contributed by atoms with van der Waals surface area (Å²) in [6.45, 7) is 12.8. The number of carbonyl (C=O) groups is 1. The predicted molar refractivity (Wildman–Crippen MR) is 126 cm³/mol. The molecule has 0 unspecified atom stereocenters. The van der Waals surface area contributed by atoms with Crippen molar-refractivity contribution >= 4 is 5.91 Å². The molecule has 1 N–H and O–H groups in total. The first-order valence-electron chi connectivity index (χ1n) is 11.6. The first-order chi connectivity index (χ1) is 14.7. The van der Waals surface area contributed by atoms with Crippen molar-refractivity contribution < 1.29 is 14.3 Å². The molecule has 0 saturated heterocycles. The lowest BCUT2D eigenvalue weighted by Crippen LogP contribution is -2.47. The number of ether oxygens (including phenoxy) is 2. The topological polar surface area (TPSA) is 47.6 Å². The minimum Gasteiger partial charge on any atom is -0.487 e. The fraction of sp³-hybridized carbons (Fsp3) is 0.519. The van der Waals surface area contributed by atoms with Crippen molar-refractivity contribution in [3.63, 3.8) is 0 Å². The van der Waals surface area contributed by atoms with Crippen molar-refractivity contribution in [3.05, 3.63) is 59.7 Å². The maximum atomic E-state index is 13.2. The number of fused-ring (bicyclic) bond motifs is 1. The molecule has 0 saturated carbocycles. The number of hydrogen-bond acceptors (Lipinski definition) is 3. The summed E-state index contributed by atoms with van der Waals surface area (Å²) in [4.78, 5) is 13.2. The Hall–Kier alpha value is -2.49. The van der Waals surface area contributed by atoms with Gasteiger partial charge in [0.1, 0.15) is 17.1 Å². The molecule has 4 nitrogen and oxygen atoms in total. The van der Waals surface area contributed by atoms with Crippen LogP contribution in [0.15, 0.2) is 48.5 Å². The Morgan fingerprint density at radius 2 is 1.74 bits per heavy atom. The van der Waals surface area contributed by atoms with E-state index in [9.17, 15) is 4.79 Å². The van der Waals surface area contributed by atoms with Gasteiger partial charge in [-0.3, -0.25) is 4.79 Å². The van der Waals surface area contributed by atoms with Crippen molar-refractivity contribution in [3.8, 4) is 11.5 Å². The molecule has 0 aromatic heterocycles. The normalized spacial score (nSPS) is 18.5. The van der Waals surface area contributed by atoms with Gasteiger partial charge in [0.15, 0.2) is 6.10 Å². The van der Waals surface area contributed by atoms with Crippen LogP contribution in [0.25, 0.3) is 0 Å². The van der Waals surface area contributed by atoms with Gasteiger partial charge in [0, 0.05) is 12.0 Å². The quantitative estimate of drug-likeness (QED) is 0.565. The maximum absolute atomic E-state index is 13.2. The van der Waals surface area contributed by atoms with E-state index in [0.717, 1.165) is 36.3 Å². The van der Waals surface area contributed by atoms with Crippen LogP contribution in [0.2, 0.25) is 0 Å². The zero-order chi connectivity index (χ0) is 22.6. The third kappa shape index (κ3) is 5.23. The average molecular weight is 424 g/mol. The summed E-state index contributed by atoms with van der Waals surface area (Å²) in [7, 11) is 0. The van der Waals surface area contributed by atoms with Gasteiger partial charge in [-0.25, -0.2) is 0 Å². The lowest BCUT2D eigenvalue weighted by atomic mass is 9.83. The molecule has 1 heterocycles. The van der Waals surface area contributed by atoms with E-state index >= 15 is 0 Å². The van der Waals surface area contributed by atoms with Crippen LogP contribution in [0.1, 0.15) is 84.4 Å². The summed E-state index contributed by atoms with van der Waals surface area (Å²) in [6, 6.07) is 16.0. The number of hydrogen-bond donors (Lipinski definition) is 1. The molecule has 4 heteroatoms. The van der Waals surface area contributed by atoms with Crippen LogP contribution in [-0.4, -0.2) is 17.6 Å². The maximum Gasteiger partial charge on any atom is 0.261 e. The SMILES string of the molecule is CC[C@H](Oc1ccc(C(C)(C)C)cc1)C(=O)N[C@H]1CC(CC)(CC)Oc2ccccc21. The summed E-state index contributed by atoms with van der Waals surface area (Å²) in [6.07, 6.45) is 2.63. The summed E-state index contributed by atoms with van der Waals surface area (Å²) in [5.41, 5.74) is 2.11. The molecule has 1 aliphatic heterocycles. The van der Waals surface area contributed by atoms with Crippen LogP contribution in [0, 0.1) is 0 Å². The second kappa shape index (κ2) is 9.33. The number of para-hydroxylation sites is 1. The van der Waals surface area contributed by atoms with Crippen molar-refractivity contribution in [1.82, 2.24) is 5.32 Å². The fourth-order valence-corrected chi connectivity index (χ4v) is 4.21. The van der Waals surface area contributed by atoms with Gasteiger partial charge in [-0.1, -0.05) is 71.9 Å². The minimum absolute atomic E-state index is 0.0785. The fourth-order valence-electron chi connectivity index (χ4n) is 4.21. The molecule has 168 valence electrons. The van der Waals surface area contributed by atoms with Gasteiger partial charge in [0.25, 0.3) is 5.91 Å². The van der Waals surface area contributed by atoms with Crippen LogP contribution >= 0.6 is 0 Å². The Labute approximate surface area is 187 Å². The zero-order valence-electron chi connectivity index (χ0n) is 19.8. The molecule has 2 atom stereocenters. The highest BCUT2D eigenvalue weighted by Gasteiger charge is 2.39. The minimum atomic E-state index is -0.534. The van der Waals surface area contributed by atoms with Crippen LogP contribution in [-0.2, 0) is 10.2 Å². The standard InChI is InChI=1S/C27H37NO3/c1-7-23(30-20-16-14-19(15-17-20)26(4,5)6)25(29)28-22-18-27(8-2,9-3)31-24-13-11-10-12-21(22)24/h10-17,22-23H,7-9,18H2,1-6H3,(H,28,29)/t22-,23-/m0/s1. The van der Waals surface area contributed by atoms with E-state index in [4.69, 9.17) is 9.47 Å². The van der Waals surface area contributed by atoms with Crippen LogP contribution < -0.4 is 14.8 Å². The Balaban J connectivity index is 1.75. The lowest BCUT2D eigenvalue weighted by molar-refractivity contribution is -0.129. The summed E-state index contributed by atoms with van der Waals surface area (Å²) >= 11 is 0. The van der Waals surface area contributed by atoms with Gasteiger partial charge in [-0.05, 0) is 48.4 Å². The molecule has 0 spiro atoms. The highest BCUT2D eigenvalue weighted by atomic mass is 16.5. The van der Waals surface area contributed by atoms with Crippen molar-refractivity contribution in [2.75, 3.05) is 0 Å². The third-order valence-electron chi connectivity index (χ3n) is 6.46. The molecule has 0 radical (unpaired) electrons. The molecule has 0 aliphatic carbocycles. The molecule has 3 rings (SSSR count). The second-order valence-corrected chi connectivity index (χ2v) is 9.58. The zero-order valence-corrected chi connectivity index (χ0v) is 19.8. The molecule has 31 heavy (non-hydrogen) atoms. The Bertz CT molecular complexity index is 878.